The monoisotopic (exact) mass is 414 g/mol. The number of nitrogens with one attached hydrogen (secondary N) is 1. The van der Waals surface area contributed by atoms with Crippen LogP contribution in [-0.2, 0) is 0 Å². The van der Waals surface area contributed by atoms with Crippen LogP contribution in [0.5, 0.6) is 0 Å². The van der Waals surface area contributed by atoms with Crippen LogP contribution in [0.1, 0.15) is 22.8 Å². The molecule has 1 aromatic heterocycles. The first-order chi connectivity index (χ1) is 12.0. The molecule has 0 radical (unpaired) electrons. The van der Waals surface area contributed by atoms with E-state index in [1.807, 2.05) is 68.4 Å². The van der Waals surface area contributed by atoms with Crippen LogP contribution in [0.4, 0.5) is 5.69 Å². The van der Waals surface area contributed by atoms with Gasteiger partial charge in [0.05, 0.1) is 5.69 Å². The Morgan fingerprint density at radius 3 is 2.16 bits per heavy atom. The van der Waals surface area contributed by atoms with Gasteiger partial charge < -0.3 is 0 Å². The highest BCUT2D eigenvalue weighted by Gasteiger charge is 2.12. The summed E-state index contributed by atoms with van der Waals surface area (Å²) in [6.45, 7) is 3.89. The molecule has 0 unspecified atom stereocenters. The maximum absolute atomic E-state index is 6.01. The van der Waals surface area contributed by atoms with Crippen molar-refractivity contribution in [2.45, 2.75) is 13.8 Å². The zero-order valence-electron chi connectivity index (χ0n) is 13.8. The molecule has 0 aliphatic carbocycles. The van der Waals surface area contributed by atoms with Crippen LogP contribution < -0.4 is 5.43 Å². The lowest BCUT2D eigenvalue weighted by atomic mass is 10.1. The summed E-state index contributed by atoms with van der Waals surface area (Å²) in [6.07, 6.45) is 0. The Bertz CT molecular complexity index is 885. The minimum atomic E-state index is 0.574. The van der Waals surface area contributed by atoms with Gasteiger partial charge in [0.2, 0.25) is 0 Å². The number of nitrogens with zero attached hydrogens (tertiary/aromatic N) is 3. The fourth-order valence-electron chi connectivity index (χ4n) is 2.33. The molecule has 1 N–H and O–H groups in total. The molecular weight excluding hydrogens is 400 g/mol. The van der Waals surface area contributed by atoms with Gasteiger partial charge in [0, 0.05) is 26.4 Å². The van der Waals surface area contributed by atoms with Gasteiger partial charge in [-0.25, -0.2) is 9.97 Å². The van der Waals surface area contributed by atoms with E-state index in [1.165, 1.54) is 0 Å². The van der Waals surface area contributed by atoms with Gasteiger partial charge in [-0.3, -0.25) is 5.43 Å². The Hall–Kier alpha value is -2.24. The van der Waals surface area contributed by atoms with E-state index in [0.29, 0.717) is 16.6 Å². The molecule has 2 aromatic carbocycles. The fraction of sp³-hybridized carbons (Fsp3) is 0.105. The smallest absolute Gasteiger partial charge is 0.181 e. The summed E-state index contributed by atoms with van der Waals surface area (Å²) in [4.78, 5) is 9.07. The standard InChI is InChI=1S/C19H16BrClN4/c1-12-11-13(2)23-19(22-12)18(14-3-7-16(21)8-4-14)25-24-17-9-5-15(20)6-10-17/h3-11,24H,1-2H3/b25-18+. The van der Waals surface area contributed by atoms with Crippen LogP contribution in [-0.4, -0.2) is 15.7 Å². The third-order valence-corrected chi connectivity index (χ3v) is 4.23. The van der Waals surface area contributed by atoms with Crippen LogP contribution in [0.25, 0.3) is 0 Å². The second-order valence-corrected chi connectivity index (χ2v) is 6.91. The number of aryl methyl sites for hydroxylation is 2. The number of hydrogen-bond acceptors (Lipinski definition) is 4. The molecule has 0 fully saturated rings. The minimum absolute atomic E-state index is 0.574. The molecule has 3 rings (SSSR count). The molecule has 0 bridgehead atoms. The largest absolute Gasteiger partial charge is 0.278 e. The van der Waals surface area contributed by atoms with Gasteiger partial charge in [-0.2, -0.15) is 5.10 Å². The summed E-state index contributed by atoms with van der Waals surface area (Å²) in [5, 5.41) is 5.23. The molecular formula is C19H16BrClN4. The summed E-state index contributed by atoms with van der Waals surface area (Å²) in [7, 11) is 0. The molecule has 0 amide bonds. The lowest BCUT2D eigenvalue weighted by molar-refractivity contribution is 1.03. The van der Waals surface area contributed by atoms with Crippen molar-refractivity contribution < 1.29 is 0 Å². The van der Waals surface area contributed by atoms with E-state index in [1.54, 1.807) is 0 Å². The summed E-state index contributed by atoms with van der Waals surface area (Å²) >= 11 is 9.43. The molecule has 0 saturated heterocycles. The SMILES string of the molecule is Cc1cc(C)nc(/C(=N/Nc2ccc(Br)cc2)c2ccc(Cl)cc2)n1. The summed E-state index contributed by atoms with van der Waals surface area (Å²) in [5.74, 6) is 0.574. The summed E-state index contributed by atoms with van der Waals surface area (Å²) in [5.41, 5.74) is 7.29. The molecule has 0 atom stereocenters. The number of halogens is 2. The van der Waals surface area contributed by atoms with Gasteiger partial charge in [0.25, 0.3) is 0 Å². The highest BCUT2D eigenvalue weighted by molar-refractivity contribution is 9.10. The van der Waals surface area contributed by atoms with Crippen LogP contribution in [0.3, 0.4) is 0 Å². The topological polar surface area (TPSA) is 50.2 Å². The van der Waals surface area contributed by atoms with Crippen molar-refractivity contribution in [1.82, 2.24) is 9.97 Å². The van der Waals surface area contributed by atoms with E-state index in [4.69, 9.17) is 11.6 Å². The molecule has 3 aromatic rings. The molecule has 126 valence electrons. The van der Waals surface area contributed by atoms with Gasteiger partial charge in [-0.05, 0) is 56.3 Å². The molecule has 0 saturated carbocycles. The maximum atomic E-state index is 6.01. The molecule has 1 heterocycles. The number of aromatic nitrogens is 2. The highest BCUT2D eigenvalue weighted by Crippen LogP contribution is 2.17. The van der Waals surface area contributed by atoms with Crippen molar-refractivity contribution in [3.05, 3.63) is 86.9 Å². The lowest BCUT2D eigenvalue weighted by Crippen LogP contribution is -2.12. The third-order valence-electron chi connectivity index (χ3n) is 3.45. The van der Waals surface area contributed by atoms with Crippen LogP contribution in [0.2, 0.25) is 5.02 Å². The molecule has 0 aliphatic heterocycles. The van der Waals surface area contributed by atoms with Crippen LogP contribution in [0.15, 0.2) is 64.2 Å². The molecule has 6 heteroatoms. The Morgan fingerprint density at radius 2 is 1.56 bits per heavy atom. The Balaban J connectivity index is 2.03. The van der Waals surface area contributed by atoms with E-state index >= 15 is 0 Å². The van der Waals surface area contributed by atoms with Gasteiger partial charge >= 0.3 is 0 Å². The number of anilines is 1. The predicted octanol–water partition coefficient (Wildman–Crippen LogP) is 5.37. The molecule has 0 spiro atoms. The third kappa shape index (κ3) is 4.65. The first-order valence-electron chi connectivity index (χ1n) is 7.69. The van der Waals surface area contributed by atoms with Crippen LogP contribution in [0, 0.1) is 13.8 Å². The average Bonchev–Trinajstić information content (AvgIpc) is 2.57. The van der Waals surface area contributed by atoms with Crippen molar-refractivity contribution in [3.8, 4) is 0 Å². The van der Waals surface area contributed by atoms with E-state index in [9.17, 15) is 0 Å². The second kappa shape index (κ2) is 7.76. The number of benzene rings is 2. The molecule has 0 aliphatic rings. The van der Waals surface area contributed by atoms with E-state index < -0.39 is 0 Å². The normalized spacial score (nSPS) is 11.4. The van der Waals surface area contributed by atoms with Crippen molar-refractivity contribution in [2.24, 2.45) is 5.10 Å². The fourth-order valence-corrected chi connectivity index (χ4v) is 2.72. The van der Waals surface area contributed by atoms with Crippen molar-refractivity contribution in [2.75, 3.05) is 5.43 Å². The minimum Gasteiger partial charge on any atom is -0.278 e. The predicted molar refractivity (Wildman–Crippen MR) is 106 cm³/mol. The zero-order chi connectivity index (χ0) is 17.8. The summed E-state index contributed by atoms with van der Waals surface area (Å²) in [6, 6.07) is 17.2. The van der Waals surface area contributed by atoms with E-state index in [0.717, 1.165) is 27.1 Å². The molecule has 4 nitrogen and oxygen atoms in total. The van der Waals surface area contributed by atoms with E-state index in [-0.39, 0.29) is 0 Å². The highest BCUT2D eigenvalue weighted by atomic mass is 79.9. The number of hydrazone groups is 1. The Morgan fingerprint density at radius 1 is 0.960 bits per heavy atom. The number of rotatable bonds is 4. The number of hydrogen-bond donors (Lipinski definition) is 1. The van der Waals surface area contributed by atoms with Gasteiger partial charge in [-0.1, -0.05) is 39.7 Å². The molecule has 25 heavy (non-hydrogen) atoms. The zero-order valence-corrected chi connectivity index (χ0v) is 16.1. The van der Waals surface area contributed by atoms with Gasteiger partial charge in [0.15, 0.2) is 5.82 Å². The quantitative estimate of drug-likeness (QED) is 0.460. The average molecular weight is 416 g/mol. The van der Waals surface area contributed by atoms with Crippen molar-refractivity contribution in [3.63, 3.8) is 0 Å². The van der Waals surface area contributed by atoms with Crippen molar-refractivity contribution >= 4 is 38.9 Å². The van der Waals surface area contributed by atoms with E-state index in [2.05, 4.69) is 36.4 Å². The summed E-state index contributed by atoms with van der Waals surface area (Å²) < 4.78 is 1.01. The lowest BCUT2D eigenvalue weighted by Gasteiger charge is -2.09. The van der Waals surface area contributed by atoms with Crippen molar-refractivity contribution in [1.29, 1.82) is 0 Å². The Labute approximate surface area is 160 Å². The van der Waals surface area contributed by atoms with Crippen LogP contribution >= 0.6 is 27.5 Å². The maximum Gasteiger partial charge on any atom is 0.181 e. The van der Waals surface area contributed by atoms with Gasteiger partial charge in [0.1, 0.15) is 5.71 Å². The first kappa shape index (κ1) is 17.6. The van der Waals surface area contributed by atoms with Gasteiger partial charge in [-0.15, -0.1) is 0 Å². The first-order valence-corrected chi connectivity index (χ1v) is 8.86. The Kier molecular flexibility index (Phi) is 5.46. The second-order valence-electron chi connectivity index (χ2n) is 5.56.